The molecule has 1 amide bonds. The van der Waals surface area contributed by atoms with Gasteiger partial charge >= 0.3 is 0 Å². The summed E-state index contributed by atoms with van der Waals surface area (Å²) in [6.07, 6.45) is 3.77. The number of amides is 1. The summed E-state index contributed by atoms with van der Waals surface area (Å²) in [5, 5.41) is 3.47. The van der Waals surface area contributed by atoms with Crippen molar-refractivity contribution in [3.05, 3.63) is 29.8 Å². The van der Waals surface area contributed by atoms with Gasteiger partial charge in [0.05, 0.1) is 12.6 Å². The molecule has 112 valence electrons. The molecule has 0 spiro atoms. The molecule has 0 bridgehead atoms. The number of rotatable bonds is 1. The van der Waals surface area contributed by atoms with E-state index in [0.717, 1.165) is 23.8 Å². The highest BCUT2D eigenvalue weighted by Gasteiger charge is 2.43. The minimum Gasteiger partial charge on any atom is -0.491 e. The van der Waals surface area contributed by atoms with Crippen LogP contribution in [0.2, 0.25) is 0 Å². The van der Waals surface area contributed by atoms with Crippen molar-refractivity contribution in [1.29, 1.82) is 0 Å². The summed E-state index contributed by atoms with van der Waals surface area (Å²) in [5.74, 6) is 2.46. The van der Waals surface area contributed by atoms with E-state index in [0.29, 0.717) is 25.6 Å². The quantitative estimate of drug-likeness (QED) is 0.856. The first-order valence-corrected chi connectivity index (χ1v) is 8.06. The lowest BCUT2D eigenvalue weighted by molar-refractivity contribution is -0.134. The second kappa shape index (κ2) is 5.34. The molecule has 3 unspecified atom stereocenters. The van der Waals surface area contributed by atoms with Crippen LogP contribution < -0.4 is 10.1 Å². The first-order valence-electron chi connectivity index (χ1n) is 8.06. The summed E-state index contributed by atoms with van der Waals surface area (Å²) >= 11 is 0. The number of nitrogens with one attached hydrogen (secondary N) is 1. The van der Waals surface area contributed by atoms with E-state index in [1.54, 1.807) is 0 Å². The van der Waals surface area contributed by atoms with Gasteiger partial charge in [-0.25, -0.2) is 0 Å². The molecule has 0 radical (unpaired) electrons. The summed E-state index contributed by atoms with van der Waals surface area (Å²) in [7, 11) is 0. The molecular weight excluding hydrogens is 264 g/mol. The Kier molecular flexibility index (Phi) is 3.34. The number of para-hydroxylation sites is 1. The van der Waals surface area contributed by atoms with Crippen molar-refractivity contribution in [2.75, 3.05) is 19.7 Å². The average Bonchev–Trinajstić information content (AvgIpc) is 3.03. The minimum absolute atomic E-state index is 0.0303. The molecule has 3 atom stereocenters. The van der Waals surface area contributed by atoms with Gasteiger partial charge in [0.15, 0.2) is 0 Å². The fourth-order valence-electron chi connectivity index (χ4n) is 4.17. The maximum atomic E-state index is 12.9. The highest BCUT2D eigenvalue weighted by atomic mass is 16.5. The molecule has 1 aromatic rings. The number of carbonyl (C=O) groups is 1. The number of fused-ring (bicyclic) bond motifs is 2. The van der Waals surface area contributed by atoms with Crippen molar-refractivity contribution in [3.63, 3.8) is 0 Å². The second-order valence-corrected chi connectivity index (χ2v) is 6.46. The van der Waals surface area contributed by atoms with Crippen LogP contribution in [0, 0.1) is 11.8 Å². The first kappa shape index (κ1) is 13.1. The Morgan fingerprint density at radius 1 is 1.29 bits per heavy atom. The van der Waals surface area contributed by atoms with Crippen LogP contribution in [0.4, 0.5) is 0 Å². The summed E-state index contributed by atoms with van der Waals surface area (Å²) < 4.78 is 5.76. The Balaban J connectivity index is 1.52. The maximum Gasteiger partial charge on any atom is 0.240 e. The topological polar surface area (TPSA) is 41.6 Å². The molecule has 1 N–H and O–H groups in total. The summed E-state index contributed by atoms with van der Waals surface area (Å²) in [6.45, 7) is 2.96. The van der Waals surface area contributed by atoms with E-state index < -0.39 is 0 Å². The van der Waals surface area contributed by atoms with Crippen LogP contribution in [-0.2, 0) is 11.3 Å². The molecule has 1 saturated carbocycles. The lowest BCUT2D eigenvalue weighted by atomic mass is 9.93. The van der Waals surface area contributed by atoms with Gasteiger partial charge in [-0.15, -0.1) is 0 Å². The highest BCUT2D eigenvalue weighted by molar-refractivity contribution is 5.83. The average molecular weight is 286 g/mol. The van der Waals surface area contributed by atoms with Gasteiger partial charge in [0.2, 0.25) is 5.91 Å². The number of ether oxygens (including phenoxy) is 1. The van der Waals surface area contributed by atoms with Crippen molar-refractivity contribution >= 4 is 5.91 Å². The van der Waals surface area contributed by atoms with Gasteiger partial charge in [-0.05, 0) is 37.3 Å². The van der Waals surface area contributed by atoms with Gasteiger partial charge in [0.25, 0.3) is 0 Å². The summed E-state index contributed by atoms with van der Waals surface area (Å²) in [5.41, 5.74) is 1.12. The molecule has 1 aliphatic carbocycles. The number of benzene rings is 1. The van der Waals surface area contributed by atoms with Crippen LogP contribution >= 0.6 is 0 Å². The number of carbonyl (C=O) groups excluding carboxylic acids is 1. The monoisotopic (exact) mass is 286 g/mol. The van der Waals surface area contributed by atoms with Gasteiger partial charge in [0.1, 0.15) is 12.4 Å². The van der Waals surface area contributed by atoms with Gasteiger partial charge < -0.3 is 15.0 Å². The predicted molar refractivity (Wildman–Crippen MR) is 80.0 cm³/mol. The molecule has 1 aromatic carbocycles. The van der Waals surface area contributed by atoms with E-state index in [1.165, 1.54) is 19.3 Å². The van der Waals surface area contributed by atoms with E-state index >= 15 is 0 Å². The molecule has 4 heteroatoms. The third kappa shape index (κ3) is 2.31. The third-order valence-corrected chi connectivity index (χ3v) is 5.28. The fraction of sp³-hybridized carbons (Fsp3) is 0.588. The van der Waals surface area contributed by atoms with Crippen molar-refractivity contribution in [1.82, 2.24) is 10.2 Å². The normalized spacial score (nSPS) is 31.2. The SMILES string of the molecule is O=C(C1NCC2CCCC21)N1CCOc2ccccc2C1. The van der Waals surface area contributed by atoms with E-state index in [-0.39, 0.29) is 11.9 Å². The smallest absolute Gasteiger partial charge is 0.240 e. The molecule has 21 heavy (non-hydrogen) atoms. The highest BCUT2D eigenvalue weighted by Crippen LogP contribution is 2.38. The van der Waals surface area contributed by atoms with Crippen LogP contribution in [-0.4, -0.2) is 36.5 Å². The van der Waals surface area contributed by atoms with E-state index in [9.17, 15) is 4.79 Å². The van der Waals surface area contributed by atoms with Crippen molar-refractivity contribution in [3.8, 4) is 5.75 Å². The van der Waals surface area contributed by atoms with Gasteiger partial charge in [-0.3, -0.25) is 4.79 Å². The van der Waals surface area contributed by atoms with Crippen molar-refractivity contribution < 1.29 is 9.53 Å². The first-order chi connectivity index (χ1) is 10.3. The zero-order valence-electron chi connectivity index (χ0n) is 12.3. The molecule has 0 aromatic heterocycles. The van der Waals surface area contributed by atoms with Gasteiger partial charge in [0, 0.05) is 12.1 Å². The molecule has 3 aliphatic rings. The lowest BCUT2D eigenvalue weighted by Crippen LogP contribution is -2.46. The zero-order valence-corrected chi connectivity index (χ0v) is 12.3. The maximum absolute atomic E-state index is 12.9. The zero-order chi connectivity index (χ0) is 14.2. The largest absolute Gasteiger partial charge is 0.491 e. The minimum atomic E-state index is 0.0303. The molecule has 4 nitrogen and oxygen atoms in total. The van der Waals surface area contributed by atoms with E-state index in [1.807, 2.05) is 23.1 Å². The predicted octanol–water partition coefficient (Wildman–Crippen LogP) is 1.80. The molecule has 2 heterocycles. The lowest BCUT2D eigenvalue weighted by Gasteiger charge is -2.26. The Morgan fingerprint density at radius 2 is 2.19 bits per heavy atom. The Hall–Kier alpha value is -1.55. The number of nitrogens with zero attached hydrogens (tertiary/aromatic N) is 1. The summed E-state index contributed by atoms with van der Waals surface area (Å²) in [4.78, 5) is 14.9. The molecular formula is C17H22N2O2. The van der Waals surface area contributed by atoms with Crippen molar-refractivity contribution in [2.24, 2.45) is 11.8 Å². The summed E-state index contributed by atoms with van der Waals surface area (Å²) in [6, 6.07) is 8.07. The van der Waals surface area contributed by atoms with E-state index in [2.05, 4.69) is 11.4 Å². The van der Waals surface area contributed by atoms with Crippen molar-refractivity contribution in [2.45, 2.75) is 31.8 Å². The molecule has 1 saturated heterocycles. The number of hydrogen-bond acceptors (Lipinski definition) is 3. The standard InChI is InChI=1S/C17H22N2O2/c20-17(16-14-6-3-5-12(14)10-18-16)19-8-9-21-15-7-2-1-4-13(15)11-19/h1-2,4,7,12,14,16,18H,3,5-6,8-11H2. The molecule has 4 rings (SSSR count). The van der Waals surface area contributed by atoms with E-state index in [4.69, 9.17) is 4.74 Å². The Morgan fingerprint density at radius 3 is 3.14 bits per heavy atom. The second-order valence-electron chi connectivity index (χ2n) is 6.46. The van der Waals surface area contributed by atoms with Crippen LogP contribution in [0.15, 0.2) is 24.3 Å². The molecule has 2 aliphatic heterocycles. The molecule has 2 fully saturated rings. The number of hydrogen-bond donors (Lipinski definition) is 1. The fourth-order valence-corrected chi connectivity index (χ4v) is 4.17. The van der Waals surface area contributed by atoms with Crippen LogP contribution in [0.25, 0.3) is 0 Å². The van der Waals surface area contributed by atoms with Crippen LogP contribution in [0.3, 0.4) is 0 Å². The van der Waals surface area contributed by atoms with Gasteiger partial charge in [-0.1, -0.05) is 24.6 Å². The Bertz CT molecular complexity index is 545. The van der Waals surface area contributed by atoms with Crippen LogP contribution in [0.5, 0.6) is 5.75 Å². The van der Waals surface area contributed by atoms with Gasteiger partial charge in [-0.2, -0.15) is 0 Å². The van der Waals surface area contributed by atoms with Crippen LogP contribution in [0.1, 0.15) is 24.8 Å². The third-order valence-electron chi connectivity index (χ3n) is 5.28. The Labute approximate surface area is 125 Å².